The van der Waals surface area contributed by atoms with Gasteiger partial charge in [-0.2, -0.15) is 0 Å². The Kier molecular flexibility index (Phi) is 5.87. The molecule has 1 atom stereocenters. The van der Waals surface area contributed by atoms with Crippen molar-refractivity contribution in [3.05, 3.63) is 70.8 Å². The predicted octanol–water partition coefficient (Wildman–Crippen LogP) is 4.16. The molecule has 2 aromatic rings. The number of carbonyl (C=O) groups excluding carboxylic acids is 1. The lowest BCUT2D eigenvalue weighted by atomic mass is 9.99. The summed E-state index contributed by atoms with van der Waals surface area (Å²) in [4.78, 5) is 14.8. The van der Waals surface area contributed by atoms with Crippen LogP contribution in [0.5, 0.6) is 0 Å². The quantitative estimate of drug-likeness (QED) is 0.889. The summed E-state index contributed by atoms with van der Waals surface area (Å²) in [7, 11) is 0. The van der Waals surface area contributed by atoms with Gasteiger partial charge in [0.15, 0.2) is 0 Å². The smallest absolute Gasteiger partial charge is 0.251 e. The molecule has 1 N–H and O–H groups in total. The van der Waals surface area contributed by atoms with E-state index in [4.69, 9.17) is 0 Å². The molecule has 132 valence electrons. The molecule has 0 saturated carbocycles. The van der Waals surface area contributed by atoms with Gasteiger partial charge in [0.2, 0.25) is 0 Å². The minimum absolute atomic E-state index is 0.0151. The van der Waals surface area contributed by atoms with Crippen molar-refractivity contribution in [3.8, 4) is 0 Å². The van der Waals surface area contributed by atoms with Gasteiger partial charge < -0.3 is 5.32 Å². The van der Waals surface area contributed by atoms with E-state index >= 15 is 0 Å². The number of likely N-dealkylation sites (tertiary alicyclic amines) is 1. The summed E-state index contributed by atoms with van der Waals surface area (Å²) in [5.74, 6) is 0.777. The van der Waals surface area contributed by atoms with Crippen molar-refractivity contribution in [3.63, 3.8) is 0 Å². The molecule has 1 heterocycles. The van der Waals surface area contributed by atoms with Crippen LogP contribution in [-0.4, -0.2) is 23.9 Å². The zero-order valence-electron chi connectivity index (χ0n) is 15.3. The average Bonchev–Trinajstić information content (AvgIpc) is 2.62. The lowest BCUT2D eigenvalue weighted by molar-refractivity contribution is 0.0951. The number of carbonyl (C=O) groups is 1. The zero-order valence-corrected chi connectivity index (χ0v) is 15.3. The number of benzene rings is 2. The van der Waals surface area contributed by atoms with Gasteiger partial charge in [-0.25, -0.2) is 0 Å². The van der Waals surface area contributed by atoms with Gasteiger partial charge in [0, 0.05) is 25.2 Å². The summed E-state index contributed by atoms with van der Waals surface area (Å²) in [5.41, 5.74) is 4.36. The molecule has 3 nitrogen and oxygen atoms in total. The molecule has 0 aliphatic carbocycles. The van der Waals surface area contributed by atoms with E-state index in [2.05, 4.69) is 60.5 Å². The topological polar surface area (TPSA) is 32.3 Å². The number of rotatable bonds is 5. The van der Waals surface area contributed by atoms with Crippen molar-refractivity contribution in [2.24, 2.45) is 5.92 Å². The Labute approximate surface area is 151 Å². The molecule has 3 rings (SSSR count). The van der Waals surface area contributed by atoms with E-state index < -0.39 is 0 Å². The monoisotopic (exact) mass is 336 g/mol. The Morgan fingerprint density at radius 1 is 1.08 bits per heavy atom. The highest BCUT2D eigenvalue weighted by molar-refractivity contribution is 5.94. The van der Waals surface area contributed by atoms with Crippen molar-refractivity contribution in [1.82, 2.24) is 10.2 Å². The fourth-order valence-electron chi connectivity index (χ4n) is 3.44. The summed E-state index contributed by atoms with van der Waals surface area (Å²) < 4.78 is 0. The summed E-state index contributed by atoms with van der Waals surface area (Å²) in [6.07, 6.45) is 2.64. The van der Waals surface area contributed by atoms with Gasteiger partial charge in [0.1, 0.15) is 0 Å². The Balaban J connectivity index is 1.52. The van der Waals surface area contributed by atoms with E-state index in [9.17, 15) is 4.79 Å². The number of nitrogens with zero attached hydrogens (tertiary/aromatic N) is 1. The molecule has 3 heteroatoms. The summed E-state index contributed by atoms with van der Waals surface area (Å²) in [6.45, 7) is 8.30. The van der Waals surface area contributed by atoms with E-state index in [1.54, 1.807) is 0 Å². The van der Waals surface area contributed by atoms with Crippen LogP contribution in [0.15, 0.2) is 48.5 Å². The summed E-state index contributed by atoms with van der Waals surface area (Å²) in [6, 6.07) is 16.3. The van der Waals surface area contributed by atoms with Crippen LogP contribution in [0.1, 0.15) is 46.8 Å². The molecular weight excluding hydrogens is 308 g/mol. The molecule has 1 aliphatic heterocycles. The molecule has 25 heavy (non-hydrogen) atoms. The maximum absolute atomic E-state index is 12.3. The Bertz CT molecular complexity index is 691. The molecule has 1 amide bonds. The summed E-state index contributed by atoms with van der Waals surface area (Å²) >= 11 is 0. The predicted molar refractivity (Wildman–Crippen MR) is 102 cm³/mol. The standard InChI is InChI=1S/C22H28N2O/c1-17-5-7-19(8-6-17)14-23-22(25)21-11-9-20(10-12-21)16-24-13-3-4-18(2)15-24/h5-12,18H,3-4,13-16H2,1-2H3,(H,23,25)/t18-/m0/s1. The molecule has 0 bridgehead atoms. The van der Waals surface area contributed by atoms with Gasteiger partial charge in [0.25, 0.3) is 5.91 Å². The third-order valence-corrected chi connectivity index (χ3v) is 4.94. The lowest BCUT2D eigenvalue weighted by Gasteiger charge is -2.30. The molecule has 1 saturated heterocycles. The van der Waals surface area contributed by atoms with Crippen LogP contribution in [-0.2, 0) is 13.1 Å². The second-order valence-corrected chi connectivity index (χ2v) is 7.35. The van der Waals surface area contributed by atoms with Crippen LogP contribution in [0.3, 0.4) is 0 Å². The van der Waals surface area contributed by atoms with Crippen LogP contribution < -0.4 is 5.32 Å². The number of aryl methyl sites for hydroxylation is 1. The van der Waals surface area contributed by atoms with E-state index in [-0.39, 0.29) is 5.91 Å². The van der Waals surface area contributed by atoms with Crippen molar-refractivity contribution in [2.45, 2.75) is 39.8 Å². The number of piperidine rings is 1. The van der Waals surface area contributed by atoms with Crippen LogP contribution in [0, 0.1) is 12.8 Å². The van der Waals surface area contributed by atoms with Crippen LogP contribution in [0.4, 0.5) is 0 Å². The maximum Gasteiger partial charge on any atom is 0.251 e. The summed E-state index contributed by atoms with van der Waals surface area (Å²) in [5, 5.41) is 2.99. The highest BCUT2D eigenvalue weighted by atomic mass is 16.1. The minimum Gasteiger partial charge on any atom is -0.348 e. The van der Waals surface area contributed by atoms with Gasteiger partial charge in [-0.15, -0.1) is 0 Å². The number of nitrogens with one attached hydrogen (secondary N) is 1. The molecular formula is C22H28N2O. The molecule has 0 unspecified atom stereocenters. The number of amides is 1. The van der Waals surface area contributed by atoms with Gasteiger partial charge in [0.05, 0.1) is 0 Å². The lowest BCUT2D eigenvalue weighted by Crippen LogP contribution is -2.33. The fraction of sp³-hybridized carbons (Fsp3) is 0.409. The Morgan fingerprint density at radius 3 is 2.44 bits per heavy atom. The van der Waals surface area contributed by atoms with E-state index in [1.165, 1.54) is 37.1 Å². The van der Waals surface area contributed by atoms with E-state index in [0.717, 1.165) is 23.6 Å². The molecule has 0 spiro atoms. The second-order valence-electron chi connectivity index (χ2n) is 7.35. The van der Waals surface area contributed by atoms with Gasteiger partial charge in [-0.1, -0.05) is 48.9 Å². The first-order valence-corrected chi connectivity index (χ1v) is 9.25. The first-order valence-electron chi connectivity index (χ1n) is 9.25. The van der Waals surface area contributed by atoms with E-state index in [0.29, 0.717) is 6.54 Å². The highest BCUT2D eigenvalue weighted by Gasteiger charge is 2.16. The zero-order chi connectivity index (χ0) is 17.6. The molecule has 1 fully saturated rings. The third kappa shape index (κ3) is 5.17. The molecule has 1 aliphatic rings. The average molecular weight is 336 g/mol. The Morgan fingerprint density at radius 2 is 1.76 bits per heavy atom. The van der Waals surface area contributed by atoms with Gasteiger partial charge in [-0.05, 0) is 55.5 Å². The van der Waals surface area contributed by atoms with Crippen molar-refractivity contribution in [1.29, 1.82) is 0 Å². The van der Waals surface area contributed by atoms with Crippen molar-refractivity contribution < 1.29 is 4.79 Å². The van der Waals surface area contributed by atoms with Crippen LogP contribution in [0.2, 0.25) is 0 Å². The molecule has 2 aromatic carbocycles. The Hall–Kier alpha value is -2.13. The van der Waals surface area contributed by atoms with Crippen molar-refractivity contribution >= 4 is 5.91 Å². The van der Waals surface area contributed by atoms with Crippen LogP contribution in [0.25, 0.3) is 0 Å². The largest absolute Gasteiger partial charge is 0.348 e. The SMILES string of the molecule is Cc1ccc(CNC(=O)c2ccc(CN3CCC[C@H](C)C3)cc2)cc1. The highest BCUT2D eigenvalue weighted by Crippen LogP contribution is 2.18. The maximum atomic E-state index is 12.3. The molecule has 0 aromatic heterocycles. The molecule has 0 radical (unpaired) electrons. The van der Waals surface area contributed by atoms with Crippen LogP contribution >= 0.6 is 0 Å². The van der Waals surface area contributed by atoms with Crippen molar-refractivity contribution in [2.75, 3.05) is 13.1 Å². The normalized spacial score (nSPS) is 18.1. The van der Waals surface area contributed by atoms with E-state index in [1.807, 2.05) is 12.1 Å². The third-order valence-electron chi connectivity index (χ3n) is 4.94. The number of hydrogen-bond donors (Lipinski definition) is 1. The fourth-order valence-corrected chi connectivity index (χ4v) is 3.44. The first kappa shape index (κ1) is 17.7. The van der Waals surface area contributed by atoms with Gasteiger partial charge in [-0.3, -0.25) is 9.69 Å². The first-order chi connectivity index (χ1) is 12.1. The van der Waals surface area contributed by atoms with Gasteiger partial charge >= 0.3 is 0 Å². The number of hydrogen-bond acceptors (Lipinski definition) is 2. The second kappa shape index (κ2) is 8.30. The minimum atomic E-state index is -0.0151.